The molecule has 0 radical (unpaired) electrons. The van der Waals surface area contributed by atoms with E-state index in [0.717, 1.165) is 22.4 Å². The fourth-order valence-electron chi connectivity index (χ4n) is 2.55. The maximum absolute atomic E-state index is 6.43. The molecule has 0 aliphatic heterocycles. The van der Waals surface area contributed by atoms with Gasteiger partial charge >= 0.3 is 0 Å². The van der Waals surface area contributed by atoms with Crippen LogP contribution in [0.1, 0.15) is 16.7 Å². The van der Waals surface area contributed by atoms with Gasteiger partial charge in [-0.1, -0.05) is 59.6 Å². The highest BCUT2D eigenvalue weighted by Gasteiger charge is 2.12. The van der Waals surface area contributed by atoms with E-state index in [2.05, 4.69) is 4.99 Å². The molecule has 0 aliphatic rings. The van der Waals surface area contributed by atoms with Gasteiger partial charge < -0.3 is 9.47 Å². The fourth-order valence-corrected chi connectivity index (χ4v) is 2.99. The second-order valence-corrected chi connectivity index (χ2v) is 6.84. The monoisotopic (exact) mass is 399 g/mol. The molecule has 0 fully saturated rings. The molecule has 0 unspecified atom stereocenters. The smallest absolute Gasteiger partial charge is 0.180 e. The van der Waals surface area contributed by atoms with Crippen molar-refractivity contribution in [1.29, 1.82) is 0 Å². The molecule has 138 valence electrons. The molecule has 0 aromatic heterocycles. The van der Waals surface area contributed by atoms with Crippen LogP contribution >= 0.6 is 23.2 Å². The zero-order valence-electron chi connectivity index (χ0n) is 15.1. The van der Waals surface area contributed by atoms with E-state index < -0.39 is 0 Å². The zero-order chi connectivity index (χ0) is 19.2. The molecule has 0 saturated heterocycles. The lowest BCUT2D eigenvalue weighted by Gasteiger charge is -2.13. The summed E-state index contributed by atoms with van der Waals surface area (Å²) >= 11 is 12.5. The number of ether oxygens (including phenoxy) is 2. The van der Waals surface area contributed by atoms with Crippen LogP contribution in [0, 0.1) is 6.92 Å². The molecule has 3 aromatic rings. The molecule has 0 aliphatic carbocycles. The van der Waals surface area contributed by atoms with Crippen LogP contribution in [0.4, 0.5) is 5.69 Å². The summed E-state index contributed by atoms with van der Waals surface area (Å²) in [4.78, 5) is 4.51. The number of benzene rings is 3. The third-order valence-corrected chi connectivity index (χ3v) is 4.52. The van der Waals surface area contributed by atoms with Gasteiger partial charge in [0, 0.05) is 11.2 Å². The number of hydrogen-bond acceptors (Lipinski definition) is 3. The van der Waals surface area contributed by atoms with Crippen molar-refractivity contribution >= 4 is 35.1 Å². The third-order valence-electron chi connectivity index (χ3n) is 4.00. The van der Waals surface area contributed by atoms with Crippen LogP contribution in [-0.2, 0) is 6.61 Å². The van der Waals surface area contributed by atoms with Gasteiger partial charge in [0.25, 0.3) is 0 Å². The SMILES string of the molecule is COc1cc(C=Nc2cc(Cl)ccc2C)cc(Cl)c1OCc1ccccc1. The second-order valence-electron chi connectivity index (χ2n) is 6.00. The molecule has 0 bridgehead atoms. The van der Waals surface area contributed by atoms with Gasteiger partial charge in [0.15, 0.2) is 11.5 Å². The van der Waals surface area contributed by atoms with Crippen LogP contribution in [0.3, 0.4) is 0 Å². The van der Waals surface area contributed by atoms with Crippen molar-refractivity contribution < 1.29 is 9.47 Å². The Balaban J connectivity index is 1.83. The van der Waals surface area contributed by atoms with E-state index in [4.69, 9.17) is 32.7 Å². The summed E-state index contributed by atoms with van der Waals surface area (Å²) in [6, 6.07) is 19.1. The second kappa shape index (κ2) is 8.94. The first kappa shape index (κ1) is 19.3. The van der Waals surface area contributed by atoms with E-state index >= 15 is 0 Å². The lowest BCUT2D eigenvalue weighted by Crippen LogP contribution is -1.99. The minimum absolute atomic E-state index is 0.409. The lowest BCUT2D eigenvalue weighted by molar-refractivity contribution is 0.284. The highest BCUT2D eigenvalue weighted by atomic mass is 35.5. The molecule has 3 rings (SSSR count). The Kier molecular flexibility index (Phi) is 6.38. The highest BCUT2D eigenvalue weighted by Crippen LogP contribution is 2.36. The Morgan fingerprint density at radius 1 is 1.00 bits per heavy atom. The van der Waals surface area contributed by atoms with Crippen LogP contribution in [0.25, 0.3) is 0 Å². The molecular formula is C22H19Cl2NO2. The number of rotatable bonds is 6. The quantitative estimate of drug-likeness (QED) is 0.434. The molecule has 0 amide bonds. The first-order valence-corrected chi connectivity index (χ1v) is 9.17. The predicted octanol–water partition coefficient (Wildman–Crippen LogP) is 6.64. The zero-order valence-corrected chi connectivity index (χ0v) is 16.6. The lowest BCUT2D eigenvalue weighted by atomic mass is 10.2. The molecular weight excluding hydrogens is 381 g/mol. The van der Waals surface area contributed by atoms with E-state index in [1.807, 2.05) is 61.5 Å². The normalized spacial score (nSPS) is 11.0. The van der Waals surface area contributed by atoms with Crippen molar-refractivity contribution in [1.82, 2.24) is 0 Å². The maximum atomic E-state index is 6.43. The standard InChI is InChI=1S/C22H19Cl2NO2/c1-15-8-9-18(23)12-20(15)25-13-17-10-19(24)22(21(11-17)26-2)27-14-16-6-4-3-5-7-16/h3-13H,14H2,1-2H3. The van der Waals surface area contributed by atoms with Crippen molar-refractivity contribution in [2.24, 2.45) is 4.99 Å². The number of aryl methyl sites for hydroxylation is 1. The Bertz CT molecular complexity index is 956. The van der Waals surface area contributed by atoms with Gasteiger partial charge in [-0.05, 0) is 47.9 Å². The molecule has 0 saturated carbocycles. The topological polar surface area (TPSA) is 30.8 Å². The summed E-state index contributed by atoms with van der Waals surface area (Å²) in [5, 5.41) is 1.11. The van der Waals surface area contributed by atoms with E-state index in [9.17, 15) is 0 Å². The molecule has 0 spiro atoms. The fraction of sp³-hybridized carbons (Fsp3) is 0.136. The average Bonchev–Trinajstić information content (AvgIpc) is 2.68. The minimum Gasteiger partial charge on any atom is -0.493 e. The molecule has 0 heterocycles. The molecule has 5 heteroatoms. The minimum atomic E-state index is 0.409. The van der Waals surface area contributed by atoms with Gasteiger partial charge in [-0.15, -0.1) is 0 Å². The van der Waals surface area contributed by atoms with Crippen molar-refractivity contribution in [2.75, 3.05) is 7.11 Å². The Hall–Kier alpha value is -2.49. The first-order chi connectivity index (χ1) is 13.1. The molecule has 3 aromatic carbocycles. The Morgan fingerprint density at radius 2 is 1.78 bits per heavy atom. The summed E-state index contributed by atoms with van der Waals surface area (Å²) in [5.74, 6) is 1.07. The largest absolute Gasteiger partial charge is 0.493 e. The summed E-state index contributed by atoms with van der Waals surface area (Å²) in [6.07, 6.45) is 1.73. The van der Waals surface area contributed by atoms with Gasteiger partial charge in [0.05, 0.1) is 17.8 Å². The van der Waals surface area contributed by atoms with Crippen molar-refractivity contribution in [3.8, 4) is 11.5 Å². The van der Waals surface area contributed by atoms with E-state index in [1.54, 1.807) is 19.4 Å². The number of nitrogens with zero attached hydrogens (tertiary/aromatic N) is 1. The molecule has 0 atom stereocenters. The number of aliphatic imine (C=N–C) groups is 1. The average molecular weight is 400 g/mol. The van der Waals surface area contributed by atoms with Crippen LogP contribution in [0.15, 0.2) is 65.7 Å². The Labute approximate surface area is 169 Å². The highest BCUT2D eigenvalue weighted by molar-refractivity contribution is 6.32. The summed E-state index contributed by atoms with van der Waals surface area (Å²) in [5.41, 5.74) is 3.71. The van der Waals surface area contributed by atoms with E-state index in [-0.39, 0.29) is 0 Å². The summed E-state index contributed by atoms with van der Waals surface area (Å²) in [6.45, 7) is 2.39. The summed E-state index contributed by atoms with van der Waals surface area (Å²) in [7, 11) is 1.59. The van der Waals surface area contributed by atoms with Gasteiger partial charge in [-0.2, -0.15) is 0 Å². The van der Waals surface area contributed by atoms with Crippen molar-refractivity contribution in [3.05, 3.63) is 87.4 Å². The van der Waals surface area contributed by atoms with Crippen molar-refractivity contribution in [3.63, 3.8) is 0 Å². The van der Waals surface area contributed by atoms with E-state index in [1.165, 1.54) is 0 Å². The van der Waals surface area contributed by atoms with E-state index in [0.29, 0.717) is 28.2 Å². The number of halogens is 2. The van der Waals surface area contributed by atoms with Gasteiger partial charge in [-0.3, -0.25) is 4.99 Å². The third kappa shape index (κ3) is 5.03. The number of hydrogen-bond donors (Lipinski definition) is 0. The van der Waals surface area contributed by atoms with Crippen LogP contribution in [0.5, 0.6) is 11.5 Å². The predicted molar refractivity (Wildman–Crippen MR) is 112 cm³/mol. The van der Waals surface area contributed by atoms with Crippen LogP contribution < -0.4 is 9.47 Å². The maximum Gasteiger partial charge on any atom is 0.180 e. The summed E-state index contributed by atoms with van der Waals surface area (Å²) < 4.78 is 11.3. The first-order valence-electron chi connectivity index (χ1n) is 8.41. The molecule has 0 N–H and O–H groups in total. The van der Waals surface area contributed by atoms with Gasteiger partial charge in [-0.25, -0.2) is 0 Å². The van der Waals surface area contributed by atoms with Crippen LogP contribution in [0.2, 0.25) is 10.0 Å². The van der Waals surface area contributed by atoms with Crippen LogP contribution in [-0.4, -0.2) is 13.3 Å². The Morgan fingerprint density at radius 3 is 2.52 bits per heavy atom. The van der Waals surface area contributed by atoms with Crippen molar-refractivity contribution in [2.45, 2.75) is 13.5 Å². The molecule has 27 heavy (non-hydrogen) atoms. The molecule has 3 nitrogen and oxygen atoms in total. The van der Waals surface area contributed by atoms with Gasteiger partial charge in [0.1, 0.15) is 6.61 Å². The van der Waals surface area contributed by atoms with Gasteiger partial charge in [0.2, 0.25) is 0 Å². The number of methoxy groups -OCH3 is 1.